The van der Waals surface area contributed by atoms with E-state index in [1.165, 1.54) is 37.1 Å². The molecule has 0 atom stereocenters. The van der Waals surface area contributed by atoms with E-state index in [2.05, 4.69) is 10.4 Å². The van der Waals surface area contributed by atoms with Crippen molar-refractivity contribution in [1.29, 1.82) is 0 Å². The first-order chi connectivity index (χ1) is 11.5. The minimum absolute atomic E-state index is 0.122. The van der Waals surface area contributed by atoms with E-state index in [1.54, 1.807) is 6.07 Å². The molecule has 1 amide bonds. The maximum atomic E-state index is 12.4. The number of rotatable bonds is 6. The Morgan fingerprint density at radius 1 is 1.25 bits per heavy atom. The first-order valence-electron chi connectivity index (χ1n) is 7.31. The van der Waals surface area contributed by atoms with Crippen LogP contribution in [0.25, 0.3) is 0 Å². The summed E-state index contributed by atoms with van der Waals surface area (Å²) in [5, 5.41) is 7.07. The molecule has 0 fully saturated rings. The molecular weight excluding hydrogens is 334 g/mol. The molecule has 0 saturated carbocycles. The SMILES string of the molecule is CCCn1nc(C(=O)Nc2cc(Cl)c(OC)cc2OC)ccc1=O. The van der Waals surface area contributed by atoms with Crippen LogP contribution in [0.3, 0.4) is 0 Å². The van der Waals surface area contributed by atoms with Gasteiger partial charge in [-0.25, -0.2) is 4.68 Å². The van der Waals surface area contributed by atoms with Crippen LogP contribution in [-0.4, -0.2) is 29.9 Å². The standard InChI is InChI=1S/C16H18ClN3O4/c1-4-7-20-15(21)6-5-11(19-20)16(22)18-12-8-10(17)13(23-2)9-14(12)24-3/h5-6,8-9H,4,7H2,1-3H3,(H,18,22). The number of aryl methyl sites for hydroxylation is 1. The van der Waals surface area contributed by atoms with E-state index in [4.69, 9.17) is 21.1 Å². The van der Waals surface area contributed by atoms with E-state index < -0.39 is 5.91 Å². The number of halogens is 1. The van der Waals surface area contributed by atoms with Crippen LogP contribution >= 0.6 is 11.6 Å². The van der Waals surface area contributed by atoms with Crippen molar-refractivity contribution in [2.45, 2.75) is 19.9 Å². The lowest BCUT2D eigenvalue weighted by molar-refractivity contribution is 0.101. The molecule has 0 spiro atoms. The van der Waals surface area contributed by atoms with Crippen molar-refractivity contribution in [3.63, 3.8) is 0 Å². The second-order valence-corrected chi connectivity index (χ2v) is 5.33. The second kappa shape index (κ2) is 7.83. The van der Waals surface area contributed by atoms with Gasteiger partial charge in [0.2, 0.25) is 0 Å². The van der Waals surface area contributed by atoms with E-state index >= 15 is 0 Å². The fraction of sp³-hybridized carbons (Fsp3) is 0.312. The van der Waals surface area contributed by atoms with E-state index in [1.807, 2.05) is 6.92 Å². The van der Waals surface area contributed by atoms with Crippen molar-refractivity contribution in [3.05, 3.63) is 45.3 Å². The fourth-order valence-corrected chi connectivity index (χ4v) is 2.33. The molecule has 0 aliphatic rings. The molecule has 1 aromatic heterocycles. The summed E-state index contributed by atoms with van der Waals surface area (Å²) in [6.45, 7) is 2.36. The molecule has 2 aromatic rings. The Labute approximate surface area is 144 Å². The predicted octanol–water partition coefficient (Wildman–Crippen LogP) is 2.58. The van der Waals surface area contributed by atoms with Crippen LogP contribution in [0.5, 0.6) is 11.5 Å². The molecule has 2 rings (SSSR count). The van der Waals surface area contributed by atoms with Gasteiger partial charge in [0.05, 0.1) is 24.9 Å². The van der Waals surface area contributed by atoms with Crippen LogP contribution in [0.2, 0.25) is 5.02 Å². The number of carbonyl (C=O) groups is 1. The van der Waals surface area contributed by atoms with Gasteiger partial charge in [-0.05, 0) is 18.6 Å². The van der Waals surface area contributed by atoms with Crippen molar-refractivity contribution in [1.82, 2.24) is 9.78 Å². The maximum absolute atomic E-state index is 12.4. The molecule has 8 heteroatoms. The predicted molar refractivity (Wildman–Crippen MR) is 91.3 cm³/mol. The first kappa shape index (κ1) is 17.8. The van der Waals surface area contributed by atoms with Gasteiger partial charge < -0.3 is 14.8 Å². The van der Waals surface area contributed by atoms with Gasteiger partial charge in [-0.2, -0.15) is 5.10 Å². The zero-order chi connectivity index (χ0) is 17.7. The molecular formula is C16H18ClN3O4. The van der Waals surface area contributed by atoms with Gasteiger partial charge in [0.1, 0.15) is 17.2 Å². The maximum Gasteiger partial charge on any atom is 0.276 e. The molecule has 0 unspecified atom stereocenters. The zero-order valence-corrected chi connectivity index (χ0v) is 14.4. The van der Waals surface area contributed by atoms with Gasteiger partial charge in [0.15, 0.2) is 0 Å². The quantitative estimate of drug-likeness (QED) is 0.864. The van der Waals surface area contributed by atoms with Crippen LogP contribution in [0.1, 0.15) is 23.8 Å². The number of nitrogens with zero attached hydrogens (tertiary/aromatic N) is 2. The number of nitrogens with one attached hydrogen (secondary N) is 1. The Morgan fingerprint density at radius 3 is 2.58 bits per heavy atom. The van der Waals surface area contributed by atoms with Crippen LogP contribution in [0.4, 0.5) is 5.69 Å². The van der Waals surface area contributed by atoms with Gasteiger partial charge in [0.25, 0.3) is 11.5 Å². The lowest BCUT2D eigenvalue weighted by Crippen LogP contribution is -2.26. The highest BCUT2D eigenvalue weighted by molar-refractivity contribution is 6.32. The van der Waals surface area contributed by atoms with Gasteiger partial charge in [-0.1, -0.05) is 18.5 Å². The molecule has 0 radical (unpaired) electrons. The Kier molecular flexibility index (Phi) is 5.81. The van der Waals surface area contributed by atoms with Gasteiger partial charge in [-0.15, -0.1) is 0 Å². The Bertz CT molecular complexity index is 804. The minimum atomic E-state index is -0.473. The fourth-order valence-electron chi connectivity index (χ4n) is 2.09. The zero-order valence-electron chi connectivity index (χ0n) is 13.6. The number of benzene rings is 1. The monoisotopic (exact) mass is 351 g/mol. The van der Waals surface area contributed by atoms with E-state index in [9.17, 15) is 9.59 Å². The molecule has 128 valence electrons. The molecule has 0 bridgehead atoms. The average molecular weight is 352 g/mol. The van der Waals surface area contributed by atoms with Crippen molar-refractivity contribution in [3.8, 4) is 11.5 Å². The summed E-state index contributed by atoms with van der Waals surface area (Å²) in [7, 11) is 2.96. The lowest BCUT2D eigenvalue weighted by Gasteiger charge is -2.13. The summed E-state index contributed by atoms with van der Waals surface area (Å²) in [5.41, 5.74) is 0.249. The number of carbonyl (C=O) groups excluding carboxylic acids is 1. The number of hydrogen-bond donors (Lipinski definition) is 1. The number of ether oxygens (including phenoxy) is 2. The average Bonchev–Trinajstić information content (AvgIpc) is 2.57. The molecule has 7 nitrogen and oxygen atoms in total. The van der Waals surface area contributed by atoms with Crippen molar-refractivity contribution >= 4 is 23.2 Å². The minimum Gasteiger partial charge on any atom is -0.495 e. The van der Waals surface area contributed by atoms with Gasteiger partial charge >= 0.3 is 0 Å². The number of amides is 1. The van der Waals surface area contributed by atoms with E-state index in [0.717, 1.165) is 6.42 Å². The summed E-state index contributed by atoms with van der Waals surface area (Å²) in [6.07, 6.45) is 0.736. The topological polar surface area (TPSA) is 82.5 Å². The molecule has 24 heavy (non-hydrogen) atoms. The lowest BCUT2D eigenvalue weighted by atomic mass is 10.2. The van der Waals surface area contributed by atoms with E-state index in [-0.39, 0.29) is 11.3 Å². The number of hydrogen-bond acceptors (Lipinski definition) is 5. The van der Waals surface area contributed by atoms with Gasteiger partial charge in [-0.3, -0.25) is 9.59 Å². The highest BCUT2D eigenvalue weighted by Gasteiger charge is 2.15. The number of anilines is 1. The van der Waals surface area contributed by atoms with Gasteiger partial charge in [0, 0.05) is 18.7 Å². The third-order valence-corrected chi connectivity index (χ3v) is 3.55. The van der Waals surface area contributed by atoms with Crippen molar-refractivity contribution in [2.24, 2.45) is 0 Å². The molecule has 1 N–H and O–H groups in total. The molecule has 0 aliphatic heterocycles. The van der Waals surface area contributed by atoms with Crippen molar-refractivity contribution in [2.75, 3.05) is 19.5 Å². The van der Waals surface area contributed by atoms with Crippen LogP contribution < -0.4 is 20.3 Å². The molecule has 0 saturated heterocycles. The van der Waals surface area contributed by atoms with Crippen LogP contribution in [0, 0.1) is 0 Å². The summed E-state index contributed by atoms with van der Waals surface area (Å²) in [5.74, 6) is 0.354. The van der Waals surface area contributed by atoms with E-state index in [0.29, 0.717) is 28.8 Å². The van der Waals surface area contributed by atoms with Crippen molar-refractivity contribution < 1.29 is 14.3 Å². The summed E-state index contributed by atoms with van der Waals surface area (Å²) in [6, 6.07) is 5.79. The highest BCUT2D eigenvalue weighted by atomic mass is 35.5. The summed E-state index contributed by atoms with van der Waals surface area (Å²) in [4.78, 5) is 24.1. The third-order valence-electron chi connectivity index (χ3n) is 3.26. The summed E-state index contributed by atoms with van der Waals surface area (Å²) < 4.78 is 11.6. The normalized spacial score (nSPS) is 10.3. The molecule has 1 aromatic carbocycles. The highest BCUT2D eigenvalue weighted by Crippen LogP contribution is 2.35. The third kappa shape index (κ3) is 3.86. The molecule has 1 heterocycles. The van der Waals surface area contributed by atoms with Crippen LogP contribution in [-0.2, 0) is 6.54 Å². The summed E-state index contributed by atoms with van der Waals surface area (Å²) >= 11 is 6.08. The molecule has 0 aliphatic carbocycles. The Balaban J connectivity index is 2.31. The first-order valence-corrected chi connectivity index (χ1v) is 7.69. The Morgan fingerprint density at radius 2 is 1.96 bits per heavy atom. The Hall–Kier alpha value is -2.54. The van der Waals surface area contributed by atoms with Crippen LogP contribution in [0.15, 0.2) is 29.1 Å². The number of methoxy groups -OCH3 is 2. The number of aromatic nitrogens is 2. The second-order valence-electron chi connectivity index (χ2n) is 4.92. The largest absolute Gasteiger partial charge is 0.495 e. The smallest absolute Gasteiger partial charge is 0.276 e.